The average Bonchev–Trinajstić information content (AvgIpc) is 3.08. The van der Waals surface area contributed by atoms with E-state index < -0.39 is 28.6 Å². The van der Waals surface area contributed by atoms with Crippen LogP contribution in [0.25, 0.3) is 0 Å². The van der Waals surface area contributed by atoms with Gasteiger partial charge >= 0.3 is 0 Å². The first-order chi connectivity index (χ1) is 16.0. The zero-order valence-electron chi connectivity index (χ0n) is 21.0. The number of aliphatic hydroxyl groups is 3. The van der Waals surface area contributed by atoms with E-state index in [1.807, 2.05) is 0 Å². The van der Waals surface area contributed by atoms with Crippen molar-refractivity contribution in [1.82, 2.24) is 9.80 Å². The highest BCUT2D eigenvalue weighted by molar-refractivity contribution is 5.95. The van der Waals surface area contributed by atoms with E-state index in [-0.39, 0.29) is 35.7 Å². The van der Waals surface area contributed by atoms with Gasteiger partial charge in [-0.1, -0.05) is 20.8 Å². The van der Waals surface area contributed by atoms with Crippen LogP contribution in [0.15, 0.2) is 11.6 Å². The molecule has 3 saturated carbocycles. The molecule has 190 valence electrons. The summed E-state index contributed by atoms with van der Waals surface area (Å²) in [7, 11) is 0. The molecule has 0 aromatic heterocycles. The number of nitrogens with zero attached hydrogens (tertiary/aromatic N) is 2. The molecule has 0 spiro atoms. The molecule has 3 N–H and O–H groups in total. The summed E-state index contributed by atoms with van der Waals surface area (Å²) in [5, 5.41) is 32.9. The quantitative estimate of drug-likeness (QED) is 0.566. The minimum absolute atomic E-state index is 0.00796. The second-order valence-electron chi connectivity index (χ2n) is 12.3. The first-order valence-electron chi connectivity index (χ1n) is 13.4. The van der Waals surface area contributed by atoms with E-state index >= 15 is 0 Å². The Morgan fingerprint density at radius 1 is 1.03 bits per heavy atom. The van der Waals surface area contributed by atoms with Crippen LogP contribution in [0.2, 0.25) is 0 Å². The summed E-state index contributed by atoms with van der Waals surface area (Å²) in [6, 6.07) is 0. The second kappa shape index (κ2) is 8.48. The van der Waals surface area contributed by atoms with Crippen LogP contribution in [-0.2, 0) is 9.59 Å². The van der Waals surface area contributed by atoms with Crippen molar-refractivity contribution in [3.05, 3.63) is 11.6 Å². The van der Waals surface area contributed by atoms with Crippen LogP contribution >= 0.6 is 0 Å². The molecule has 34 heavy (non-hydrogen) atoms. The first kappa shape index (κ1) is 24.6. The molecule has 5 rings (SSSR count). The summed E-state index contributed by atoms with van der Waals surface area (Å²) in [5.41, 5.74) is -1.42. The SMILES string of the molecule is CCN1CCN(CC(=O)[C@H]2CC[C@@]3(O)C4=CC(=O)[C@@H]5C[C@@H](O)[C@@H](O)C[C@]5(C)C4CC[C@]23C)CC1. The van der Waals surface area contributed by atoms with Crippen molar-refractivity contribution in [1.29, 1.82) is 0 Å². The summed E-state index contributed by atoms with van der Waals surface area (Å²) >= 11 is 0. The van der Waals surface area contributed by atoms with Crippen molar-refractivity contribution < 1.29 is 24.9 Å². The van der Waals surface area contributed by atoms with Crippen LogP contribution in [-0.4, -0.2) is 93.8 Å². The van der Waals surface area contributed by atoms with Crippen molar-refractivity contribution in [3.63, 3.8) is 0 Å². The number of carbonyl (C=O) groups excluding carboxylic acids is 2. The van der Waals surface area contributed by atoms with Crippen molar-refractivity contribution in [2.24, 2.45) is 28.6 Å². The zero-order valence-corrected chi connectivity index (χ0v) is 21.0. The van der Waals surface area contributed by atoms with Crippen molar-refractivity contribution in [3.8, 4) is 0 Å². The molecular formula is C27H42N2O5. The van der Waals surface area contributed by atoms with Gasteiger partial charge in [0.05, 0.1) is 24.4 Å². The molecule has 1 aliphatic heterocycles. The molecular weight excluding hydrogens is 432 g/mol. The summed E-state index contributed by atoms with van der Waals surface area (Å²) < 4.78 is 0. The number of ketones is 2. The first-order valence-corrected chi connectivity index (χ1v) is 13.4. The van der Waals surface area contributed by atoms with Gasteiger partial charge in [0, 0.05) is 43.4 Å². The maximum absolute atomic E-state index is 13.5. The topological polar surface area (TPSA) is 101 Å². The fourth-order valence-electron chi connectivity index (χ4n) is 8.48. The van der Waals surface area contributed by atoms with E-state index in [0.717, 1.165) is 51.1 Å². The molecule has 1 saturated heterocycles. The van der Waals surface area contributed by atoms with Gasteiger partial charge in [-0.3, -0.25) is 14.5 Å². The molecule has 1 heterocycles. The highest BCUT2D eigenvalue weighted by Gasteiger charge is 2.67. The average molecular weight is 475 g/mol. The lowest BCUT2D eigenvalue weighted by Gasteiger charge is -2.59. The van der Waals surface area contributed by atoms with E-state index in [4.69, 9.17) is 0 Å². The normalized spacial score (nSPS) is 47.5. The van der Waals surface area contributed by atoms with Crippen LogP contribution in [0, 0.1) is 28.6 Å². The molecule has 0 aromatic carbocycles. The highest BCUT2D eigenvalue weighted by Crippen LogP contribution is 2.67. The molecule has 8 atom stereocenters. The molecule has 4 aliphatic carbocycles. The van der Waals surface area contributed by atoms with Gasteiger partial charge in [-0.15, -0.1) is 0 Å². The fourth-order valence-corrected chi connectivity index (χ4v) is 8.48. The van der Waals surface area contributed by atoms with Gasteiger partial charge in [-0.05, 0) is 68.1 Å². The number of rotatable bonds is 4. The van der Waals surface area contributed by atoms with E-state index in [1.54, 1.807) is 6.08 Å². The van der Waals surface area contributed by atoms with Crippen molar-refractivity contribution >= 4 is 11.6 Å². The Kier molecular flexibility index (Phi) is 6.13. The Labute approximate surface area is 203 Å². The van der Waals surface area contributed by atoms with Gasteiger partial charge in [0.1, 0.15) is 0 Å². The number of aliphatic hydroxyl groups excluding tert-OH is 2. The molecule has 1 unspecified atom stereocenters. The molecule has 7 heteroatoms. The van der Waals surface area contributed by atoms with Gasteiger partial charge in [0.15, 0.2) is 11.6 Å². The summed E-state index contributed by atoms with van der Waals surface area (Å²) in [5.74, 6) is -0.353. The predicted octanol–water partition coefficient (Wildman–Crippen LogP) is 1.40. The third kappa shape index (κ3) is 3.49. The third-order valence-corrected chi connectivity index (χ3v) is 10.8. The Morgan fingerprint density at radius 3 is 2.38 bits per heavy atom. The maximum atomic E-state index is 13.5. The van der Waals surface area contributed by atoms with Crippen LogP contribution in [0.4, 0.5) is 0 Å². The Bertz CT molecular complexity index is 882. The van der Waals surface area contributed by atoms with Crippen LogP contribution < -0.4 is 0 Å². The number of hydrogen-bond donors (Lipinski definition) is 3. The Balaban J connectivity index is 1.38. The second-order valence-corrected chi connectivity index (χ2v) is 12.3. The minimum atomic E-state index is -1.16. The summed E-state index contributed by atoms with van der Waals surface area (Å²) in [6.45, 7) is 11.6. The maximum Gasteiger partial charge on any atom is 0.159 e. The van der Waals surface area contributed by atoms with E-state index in [2.05, 4.69) is 30.6 Å². The van der Waals surface area contributed by atoms with Crippen LogP contribution in [0.1, 0.15) is 59.3 Å². The smallest absolute Gasteiger partial charge is 0.159 e. The zero-order chi connectivity index (χ0) is 24.5. The molecule has 0 bridgehead atoms. The summed E-state index contributed by atoms with van der Waals surface area (Å²) in [6.07, 6.45) is 3.28. The third-order valence-electron chi connectivity index (χ3n) is 10.8. The highest BCUT2D eigenvalue weighted by atomic mass is 16.3. The standard InChI is InChI=1S/C27H42N2O5/c1-4-28-9-11-29(12-10-28)16-24(33)18-6-8-27(34)19-13-21(30)20-14-22(31)23(32)15-25(20,2)17(19)5-7-26(18,27)3/h13,17-18,20,22-23,31-32,34H,4-12,14-16H2,1-3H3/t17?,18-,20+,22-,23+,25-,26-,27-/m1/s1. The number of carbonyl (C=O) groups is 2. The fraction of sp³-hybridized carbons (Fsp3) is 0.852. The Morgan fingerprint density at radius 2 is 1.71 bits per heavy atom. The van der Waals surface area contributed by atoms with Gasteiger partial charge in [-0.25, -0.2) is 0 Å². The number of piperazine rings is 1. The monoisotopic (exact) mass is 474 g/mol. The molecule has 4 fully saturated rings. The molecule has 5 aliphatic rings. The van der Waals surface area contributed by atoms with Crippen molar-refractivity contribution in [2.45, 2.75) is 77.1 Å². The van der Waals surface area contributed by atoms with E-state index in [1.165, 1.54) is 0 Å². The molecule has 0 amide bonds. The molecule has 0 radical (unpaired) electrons. The van der Waals surface area contributed by atoms with Gasteiger partial charge in [0.2, 0.25) is 0 Å². The van der Waals surface area contributed by atoms with E-state index in [0.29, 0.717) is 25.8 Å². The predicted molar refractivity (Wildman–Crippen MR) is 128 cm³/mol. The number of fused-ring (bicyclic) bond motifs is 5. The van der Waals surface area contributed by atoms with E-state index in [9.17, 15) is 24.9 Å². The lowest BCUT2D eigenvalue weighted by Crippen LogP contribution is -2.61. The van der Waals surface area contributed by atoms with Gasteiger partial charge in [-0.2, -0.15) is 0 Å². The van der Waals surface area contributed by atoms with Crippen molar-refractivity contribution in [2.75, 3.05) is 39.3 Å². The largest absolute Gasteiger partial charge is 0.390 e. The Hall–Kier alpha value is -1.12. The lowest BCUT2D eigenvalue weighted by molar-refractivity contribution is -0.154. The van der Waals surface area contributed by atoms with Crippen LogP contribution in [0.3, 0.4) is 0 Å². The number of allylic oxidation sites excluding steroid dienone is 1. The molecule has 0 aromatic rings. The number of likely N-dealkylation sites (N-methyl/N-ethyl adjacent to an activating group) is 1. The van der Waals surface area contributed by atoms with Crippen LogP contribution in [0.5, 0.6) is 0 Å². The minimum Gasteiger partial charge on any atom is -0.390 e. The van der Waals surface area contributed by atoms with Gasteiger partial charge < -0.3 is 20.2 Å². The lowest BCUT2D eigenvalue weighted by atomic mass is 9.46. The summed E-state index contributed by atoms with van der Waals surface area (Å²) in [4.78, 5) is 31.5. The number of Topliss-reactive ketones (excluding diaryl/α,β-unsaturated/α-hetero) is 1. The van der Waals surface area contributed by atoms with Gasteiger partial charge in [0.25, 0.3) is 0 Å². The number of hydrogen-bond acceptors (Lipinski definition) is 7. The molecule has 7 nitrogen and oxygen atoms in total.